The number of hydrogen-bond donors (Lipinski definition) is 0. The average Bonchev–Trinajstić information content (AvgIpc) is 2.78. The van der Waals surface area contributed by atoms with Gasteiger partial charge in [0.2, 0.25) is 0 Å². The first kappa shape index (κ1) is 20.4. The highest BCUT2D eigenvalue weighted by Crippen LogP contribution is 2.32. The average molecular weight is 412 g/mol. The second-order valence-corrected chi connectivity index (χ2v) is 7.07. The van der Waals surface area contributed by atoms with Gasteiger partial charge in [0.25, 0.3) is 0 Å². The van der Waals surface area contributed by atoms with Gasteiger partial charge >= 0.3 is 6.16 Å². The first-order valence-corrected chi connectivity index (χ1v) is 10.1. The number of hydrogen-bond acceptors (Lipinski definition) is 4. The summed E-state index contributed by atoms with van der Waals surface area (Å²) in [5.41, 5.74) is 1.85. The topological polar surface area (TPSA) is 36.9 Å². The standard InChI is InChI=1S/C27H24O4/c1-21-13-9-11-19-25(21)30-27(28-23-15-5-3-6-16-23,29-24-17-7-4-8-18-24)31-26-20-12-10-14-22(26)2/h3-20H,1-2H3. The Morgan fingerprint density at radius 3 is 1.16 bits per heavy atom. The molecular formula is C27H24O4. The normalized spacial score (nSPS) is 10.9. The van der Waals surface area contributed by atoms with Crippen LogP contribution >= 0.6 is 0 Å². The van der Waals surface area contributed by atoms with Crippen LogP contribution in [-0.4, -0.2) is 6.16 Å². The Hall–Kier alpha value is -3.92. The van der Waals surface area contributed by atoms with Gasteiger partial charge in [-0.3, -0.25) is 0 Å². The predicted molar refractivity (Wildman–Crippen MR) is 120 cm³/mol. The summed E-state index contributed by atoms with van der Waals surface area (Å²) in [6.07, 6.45) is -1.90. The Morgan fingerprint density at radius 2 is 0.774 bits per heavy atom. The Labute approximate surface area is 182 Å². The third kappa shape index (κ3) is 5.17. The first-order chi connectivity index (χ1) is 15.1. The van der Waals surface area contributed by atoms with Crippen LogP contribution in [0.3, 0.4) is 0 Å². The second kappa shape index (κ2) is 9.26. The highest BCUT2D eigenvalue weighted by molar-refractivity contribution is 5.35. The van der Waals surface area contributed by atoms with Gasteiger partial charge in [-0.25, -0.2) is 0 Å². The molecule has 0 aliphatic rings. The summed E-state index contributed by atoms with van der Waals surface area (Å²) < 4.78 is 25.2. The van der Waals surface area contributed by atoms with E-state index in [-0.39, 0.29) is 0 Å². The van der Waals surface area contributed by atoms with Crippen molar-refractivity contribution in [3.05, 3.63) is 120 Å². The van der Waals surface area contributed by atoms with Crippen LogP contribution in [-0.2, 0) is 0 Å². The van der Waals surface area contributed by atoms with Gasteiger partial charge in [-0.15, -0.1) is 0 Å². The number of rotatable bonds is 8. The van der Waals surface area contributed by atoms with E-state index in [4.69, 9.17) is 18.9 Å². The molecule has 31 heavy (non-hydrogen) atoms. The SMILES string of the molecule is Cc1ccccc1OC(Oc1ccccc1)(Oc1ccccc1)Oc1ccccc1C. The Morgan fingerprint density at radius 1 is 0.419 bits per heavy atom. The van der Waals surface area contributed by atoms with Gasteiger partial charge in [0.15, 0.2) is 0 Å². The van der Waals surface area contributed by atoms with E-state index in [1.807, 2.05) is 123 Å². The zero-order valence-electron chi connectivity index (χ0n) is 17.5. The fourth-order valence-electron chi connectivity index (χ4n) is 3.00. The van der Waals surface area contributed by atoms with E-state index >= 15 is 0 Å². The molecule has 4 nitrogen and oxygen atoms in total. The van der Waals surface area contributed by atoms with Crippen molar-refractivity contribution in [2.24, 2.45) is 0 Å². The molecule has 0 aliphatic heterocycles. The molecule has 0 atom stereocenters. The quantitative estimate of drug-likeness (QED) is 0.308. The molecule has 0 unspecified atom stereocenters. The summed E-state index contributed by atoms with van der Waals surface area (Å²) in [5, 5.41) is 0. The zero-order chi connectivity index (χ0) is 21.5. The molecule has 0 spiro atoms. The second-order valence-electron chi connectivity index (χ2n) is 7.07. The number of aryl methyl sites for hydroxylation is 2. The minimum absolute atomic E-state index is 0.542. The predicted octanol–water partition coefficient (Wildman–Crippen LogP) is 6.53. The molecule has 4 heteroatoms. The van der Waals surface area contributed by atoms with Crippen LogP contribution in [0, 0.1) is 13.8 Å². The molecule has 0 aromatic heterocycles. The molecular weight excluding hydrogens is 388 g/mol. The van der Waals surface area contributed by atoms with E-state index in [2.05, 4.69) is 0 Å². The molecule has 156 valence electrons. The van der Waals surface area contributed by atoms with Crippen LogP contribution in [0.5, 0.6) is 23.0 Å². The summed E-state index contributed by atoms with van der Waals surface area (Å²) in [6, 6.07) is 34.0. The van der Waals surface area contributed by atoms with Gasteiger partial charge in [-0.05, 0) is 61.4 Å². The Balaban J connectivity index is 1.81. The molecule has 0 radical (unpaired) electrons. The maximum Gasteiger partial charge on any atom is 0.611 e. The van der Waals surface area contributed by atoms with E-state index in [0.29, 0.717) is 23.0 Å². The van der Waals surface area contributed by atoms with Crippen molar-refractivity contribution in [1.82, 2.24) is 0 Å². The molecule has 4 aromatic carbocycles. The molecule has 4 rings (SSSR count). The van der Waals surface area contributed by atoms with E-state index < -0.39 is 6.16 Å². The summed E-state index contributed by atoms with van der Waals surface area (Å²) in [5.74, 6) is 2.26. The summed E-state index contributed by atoms with van der Waals surface area (Å²) in [4.78, 5) is 0. The molecule has 0 aliphatic carbocycles. The number of benzene rings is 4. The number of para-hydroxylation sites is 4. The van der Waals surface area contributed by atoms with Crippen LogP contribution in [0.4, 0.5) is 0 Å². The fourth-order valence-corrected chi connectivity index (χ4v) is 3.00. The highest BCUT2D eigenvalue weighted by atomic mass is 17.0. The van der Waals surface area contributed by atoms with Gasteiger partial charge in [-0.1, -0.05) is 72.8 Å². The van der Waals surface area contributed by atoms with Gasteiger partial charge < -0.3 is 18.9 Å². The minimum atomic E-state index is -1.90. The molecule has 0 saturated carbocycles. The van der Waals surface area contributed by atoms with Crippen LogP contribution in [0.2, 0.25) is 0 Å². The zero-order valence-corrected chi connectivity index (χ0v) is 17.5. The Bertz CT molecular complexity index is 1020. The van der Waals surface area contributed by atoms with Crippen molar-refractivity contribution in [3.8, 4) is 23.0 Å². The van der Waals surface area contributed by atoms with Crippen molar-refractivity contribution in [2.75, 3.05) is 0 Å². The lowest BCUT2D eigenvalue weighted by Crippen LogP contribution is -2.53. The highest BCUT2D eigenvalue weighted by Gasteiger charge is 2.44. The molecule has 0 bridgehead atoms. The maximum absolute atomic E-state index is 6.33. The van der Waals surface area contributed by atoms with Gasteiger partial charge in [0, 0.05) is 0 Å². The van der Waals surface area contributed by atoms with Crippen molar-refractivity contribution in [2.45, 2.75) is 20.0 Å². The van der Waals surface area contributed by atoms with E-state index in [1.54, 1.807) is 0 Å². The summed E-state index contributed by atoms with van der Waals surface area (Å²) in [6.45, 7) is 3.91. The van der Waals surface area contributed by atoms with E-state index in [1.165, 1.54) is 0 Å². The van der Waals surface area contributed by atoms with E-state index in [0.717, 1.165) is 11.1 Å². The van der Waals surface area contributed by atoms with Crippen LogP contribution in [0.25, 0.3) is 0 Å². The molecule has 0 saturated heterocycles. The van der Waals surface area contributed by atoms with Crippen LogP contribution < -0.4 is 18.9 Å². The Kier molecular flexibility index (Phi) is 6.08. The maximum atomic E-state index is 6.33. The van der Waals surface area contributed by atoms with Gasteiger partial charge in [-0.2, -0.15) is 0 Å². The number of ether oxygens (including phenoxy) is 4. The van der Waals surface area contributed by atoms with Gasteiger partial charge in [0.05, 0.1) is 0 Å². The third-order valence-corrected chi connectivity index (χ3v) is 4.63. The molecule has 0 fully saturated rings. The summed E-state index contributed by atoms with van der Waals surface area (Å²) in [7, 11) is 0. The molecule has 4 aromatic rings. The van der Waals surface area contributed by atoms with Crippen molar-refractivity contribution in [3.63, 3.8) is 0 Å². The largest absolute Gasteiger partial charge is 0.611 e. The van der Waals surface area contributed by atoms with Crippen LogP contribution in [0.15, 0.2) is 109 Å². The summed E-state index contributed by atoms with van der Waals surface area (Å²) >= 11 is 0. The monoisotopic (exact) mass is 412 g/mol. The minimum Gasteiger partial charge on any atom is -0.386 e. The third-order valence-electron chi connectivity index (χ3n) is 4.63. The fraction of sp³-hybridized carbons (Fsp3) is 0.111. The molecule has 0 N–H and O–H groups in total. The lowest BCUT2D eigenvalue weighted by atomic mass is 10.2. The molecule has 0 amide bonds. The lowest BCUT2D eigenvalue weighted by Gasteiger charge is -2.33. The lowest BCUT2D eigenvalue weighted by molar-refractivity contribution is -0.367. The van der Waals surface area contributed by atoms with Crippen molar-refractivity contribution >= 4 is 0 Å². The van der Waals surface area contributed by atoms with E-state index in [9.17, 15) is 0 Å². The smallest absolute Gasteiger partial charge is 0.386 e. The van der Waals surface area contributed by atoms with Crippen LogP contribution in [0.1, 0.15) is 11.1 Å². The van der Waals surface area contributed by atoms with Crippen molar-refractivity contribution in [1.29, 1.82) is 0 Å². The molecule has 0 heterocycles. The van der Waals surface area contributed by atoms with Gasteiger partial charge in [0.1, 0.15) is 23.0 Å². The first-order valence-electron chi connectivity index (χ1n) is 10.1. The van der Waals surface area contributed by atoms with Crippen molar-refractivity contribution < 1.29 is 18.9 Å².